The quantitative estimate of drug-likeness (QED) is 0.789. The molecule has 0 saturated heterocycles. The van der Waals surface area contributed by atoms with Gasteiger partial charge in [-0.2, -0.15) is 0 Å². The Balaban J connectivity index is 1.71. The molecular weight excluding hydrogens is 334 g/mol. The fraction of sp³-hybridized carbons (Fsp3) is 0.600. The van der Waals surface area contributed by atoms with Crippen LogP contribution in [0.4, 0.5) is 0 Å². The molecule has 26 heavy (non-hydrogen) atoms. The maximum atomic E-state index is 12.9. The molecule has 6 nitrogen and oxygen atoms in total. The van der Waals surface area contributed by atoms with Crippen LogP contribution in [0.15, 0.2) is 18.2 Å². The SMILES string of the molecule is CC(C)CNC(=O)COC(=O)C1(c2ccc3c(c2)OCCO3)CCCC1. The van der Waals surface area contributed by atoms with Crippen LogP contribution in [0.3, 0.4) is 0 Å². The Morgan fingerprint density at radius 2 is 1.85 bits per heavy atom. The van der Waals surface area contributed by atoms with Crippen molar-refractivity contribution in [3.05, 3.63) is 23.8 Å². The first-order chi connectivity index (χ1) is 12.5. The second-order valence-electron chi connectivity index (χ2n) is 7.42. The van der Waals surface area contributed by atoms with E-state index in [9.17, 15) is 9.59 Å². The molecule has 0 unspecified atom stereocenters. The molecule has 1 heterocycles. The Labute approximate surface area is 154 Å². The van der Waals surface area contributed by atoms with Crippen molar-refractivity contribution in [2.45, 2.75) is 44.9 Å². The topological polar surface area (TPSA) is 73.9 Å². The zero-order chi connectivity index (χ0) is 18.6. The average Bonchev–Trinajstić information content (AvgIpc) is 3.15. The molecule has 2 aliphatic rings. The Bertz CT molecular complexity index is 664. The molecule has 0 radical (unpaired) electrons. The molecule has 1 fully saturated rings. The van der Waals surface area contributed by atoms with Crippen molar-refractivity contribution in [2.24, 2.45) is 5.92 Å². The second kappa shape index (κ2) is 7.98. The van der Waals surface area contributed by atoms with Crippen molar-refractivity contribution in [3.8, 4) is 11.5 Å². The van der Waals surface area contributed by atoms with Crippen LogP contribution in [0.1, 0.15) is 45.1 Å². The van der Waals surface area contributed by atoms with E-state index in [4.69, 9.17) is 14.2 Å². The van der Waals surface area contributed by atoms with Crippen molar-refractivity contribution >= 4 is 11.9 Å². The molecule has 1 saturated carbocycles. The lowest BCUT2D eigenvalue weighted by atomic mass is 9.78. The van der Waals surface area contributed by atoms with E-state index < -0.39 is 5.41 Å². The van der Waals surface area contributed by atoms with Gasteiger partial charge in [-0.3, -0.25) is 9.59 Å². The first-order valence-electron chi connectivity index (χ1n) is 9.35. The van der Waals surface area contributed by atoms with Gasteiger partial charge in [0, 0.05) is 6.54 Å². The molecule has 0 atom stereocenters. The smallest absolute Gasteiger partial charge is 0.317 e. The number of nitrogens with one attached hydrogen (secondary N) is 1. The predicted molar refractivity (Wildman–Crippen MR) is 96.4 cm³/mol. The summed E-state index contributed by atoms with van der Waals surface area (Å²) >= 11 is 0. The minimum atomic E-state index is -0.700. The third-order valence-electron chi connectivity index (χ3n) is 4.98. The van der Waals surface area contributed by atoms with Gasteiger partial charge < -0.3 is 19.5 Å². The van der Waals surface area contributed by atoms with Gasteiger partial charge in [0.1, 0.15) is 13.2 Å². The van der Waals surface area contributed by atoms with Gasteiger partial charge in [0.2, 0.25) is 0 Å². The van der Waals surface area contributed by atoms with Gasteiger partial charge in [0.25, 0.3) is 5.91 Å². The number of carbonyl (C=O) groups excluding carboxylic acids is 2. The van der Waals surface area contributed by atoms with E-state index in [1.54, 1.807) is 0 Å². The van der Waals surface area contributed by atoms with Gasteiger partial charge in [0.05, 0.1) is 5.41 Å². The Morgan fingerprint density at radius 3 is 2.54 bits per heavy atom. The molecule has 1 aromatic carbocycles. The van der Waals surface area contributed by atoms with Crippen LogP contribution < -0.4 is 14.8 Å². The van der Waals surface area contributed by atoms with Crippen molar-refractivity contribution in [1.29, 1.82) is 0 Å². The standard InChI is InChI=1S/C20H27NO5/c1-14(2)12-21-18(22)13-26-19(23)20(7-3-4-8-20)15-5-6-16-17(11-15)25-10-9-24-16/h5-6,11,14H,3-4,7-10,12-13H2,1-2H3,(H,21,22). The van der Waals surface area contributed by atoms with E-state index in [1.165, 1.54) is 0 Å². The molecule has 1 aromatic rings. The van der Waals surface area contributed by atoms with Gasteiger partial charge in [-0.15, -0.1) is 0 Å². The lowest BCUT2D eigenvalue weighted by Gasteiger charge is -2.28. The van der Waals surface area contributed by atoms with E-state index in [1.807, 2.05) is 32.0 Å². The molecule has 1 aliphatic heterocycles. The number of ether oxygens (including phenoxy) is 3. The lowest BCUT2D eigenvalue weighted by Crippen LogP contribution is -2.38. The van der Waals surface area contributed by atoms with Crippen molar-refractivity contribution in [1.82, 2.24) is 5.32 Å². The van der Waals surface area contributed by atoms with Gasteiger partial charge >= 0.3 is 5.97 Å². The van der Waals surface area contributed by atoms with Crippen molar-refractivity contribution in [2.75, 3.05) is 26.4 Å². The first kappa shape index (κ1) is 18.5. The summed E-state index contributed by atoms with van der Waals surface area (Å²) in [7, 11) is 0. The molecule has 3 rings (SSSR count). The van der Waals surface area contributed by atoms with Gasteiger partial charge in [-0.1, -0.05) is 32.8 Å². The second-order valence-corrected chi connectivity index (χ2v) is 7.42. The number of carbonyl (C=O) groups is 2. The van der Waals surface area contributed by atoms with Crippen LogP contribution >= 0.6 is 0 Å². The van der Waals surface area contributed by atoms with Crippen molar-refractivity contribution < 1.29 is 23.8 Å². The number of benzene rings is 1. The molecule has 0 bridgehead atoms. The molecule has 1 amide bonds. The Hall–Kier alpha value is -2.24. The van der Waals surface area contributed by atoms with E-state index >= 15 is 0 Å². The first-order valence-corrected chi connectivity index (χ1v) is 9.35. The number of esters is 1. The van der Waals surface area contributed by atoms with E-state index in [-0.39, 0.29) is 18.5 Å². The number of amides is 1. The van der Waals surface area contributed by atoms with Crippen LogP contribution in [-0.2, 0) is 19.7 Å². The van der Waals surface area contributed by atoms with Crippen LogP contribution in [0, 0.1) is 5.92 Å². The summed E-state index contributed by atoms with van der Waals surface area (Å²) in [5.41, 5.74) is 0.181. The molecule has 0 spiro atoms. The summed E-state index contributed by atoms with van der Waals surface area (Å²) in [6.45, 7) is 5.40. The zero-order valence-corrected chi connectivity index (χ0v) is 15.5. The van der Waals surface area contributed by atoms with Crippen molar-refractivity contribution in [3.63, 3.8) is 0 Å². The normalized spacial score (nSPS) is 17.8. The zero-order valence-electron chi connectivity index (χ0n) is 15.5. The molecule has 1 N–H and O–H groups in total. The minimum absolute atomic E-state index is 0.238. The number of hydrogen-bond donors (Lipinski definition) is 1. The highest BCUT2D eigenvalue weighted by Crippen LogP contribution is 2.45. The Morgan fingerprint density at radius 1 is 1.15 bits per heavy atom. The highest BCUT2D eigenvalue weighted by molar-refractivity contribution is 5.87. The van der Waals surface area contributed by atoms with Crippen LogP contribution in [0.25, 0.3) is 0 Å². The van der Waals surface area contributed by atoms with Gasteiger partial charge in [0.15, 0.2) is 18.1 Å². The van der Waals surface area contributed by atoms with Gasteiger partial charge in [-0.25, -0.2) is 0 Å². The molecule has 1 aliphatic carbocycles. The average molecular weight is 361 g/mol. The minimum Gasteiger partial charge on any atom is -0.486 e. The highest BCUT2D eigenvalue weighted by atomic mass is 16.6. The maximum Gasteiger partial charge on any atom is 0.317 e. The summed E-state index contributed by atoms with van der Waals surface area (Å²) < 4.78 is 16.6. The summed E-state index contributed by atoms with van der Waals surface area (Å²) in [6.07, 6.45) is 3.37. The van der Waals surface area contributed by atoms with Crippen LogP contribution in [0.2, 0.25) is 0 Å². The third kappa shape index (κ3) is 3.94. The number of hydrogen-bond acceptors (Lipinski definition) is 5. The molecule has 0 aromatic heterocycles. The van der Waals surface area contributed by atoms with Crippen LogP contribution in [-0.4, -0.2) is 38.2 Å². The van der Waals surface area contributed by atoms with E-state index in [0.717, 1.165) is 31.2 Å². The molecule has 6 heteroatoms. The van der Waals surface area contributed by atoms with Gasteiger partial charge in [-0.05, 0) is 36.5 Å². The van der Waals surface area contributed by atoms with Crippen LogP contribution in [0.5, 0.6) is 11.5 Å². The summed E-state index contributed by atoms with van der Waals surface area (Å²) in [4.78, 5) is 24.8. The number of fused-ring (bicyclic) bond motifs is 1. The fourth-order valence-corrected chi connectivity index (χ4v) is 3.57. The third-order valence-corrected chi connectivity index (χ3v) is 4.98. The molecule has 142 valence electrons. The van der Waals surface area contributed by atoms with E-state index in [0.29, 0.717) is 37.2 Å². The summed E-state index contributed by atoms with van der Waals surface area (Å²) in [6, 6.07) is 5.66. The Kier molecular flexibility index (Phi) is 5.69. The largest absolute Gasteiger partial charge is 0.486 e. The maximum absolute atomic E-state index is 12.9. The van der Waals surface area contributed by atoms with E-state index in [2.05, 4.69) is 5.32 Å². The number of rotatable bonds is 6. The molecular formula is C20H27NO5. The predicted octanol–water partition coefficient (Wildman–Crippen LogP) is 2.58. The summed E-state index contributed by atoms with van der Waals surface area (Å²) in [5.74, 6) is 1.14. The lowest BCUT2D eigenvalue weighted by molar-refractivity contribution is -0.154. The monoisotopic (exact) mass is 361 g/mol. The fourth-order valence-electron chi connectivity index (χ4n) is 3.57. The summed E-state index contributed by atoms with van der Waals surface area (Å²) in [5, 5.41) is 2.77. The highest BCUT2D eigenvalue weighted by Gasteiger charge is 2.45.